The Morgan fingerprint density at radius 2 is 1.73 bits per heavy atom. The molecule has 0 spiro atoms. The van der Waals surface area contributed by atoms with Gasteiger partial charge >= 0.3 is 5.97 Å². The first kappa shape index (κ1) is 21.2. The first-order valence-electron chi connectivity index (χ1n) is 9.35. The van der Waals surface area contributed by atoms with Gasteiger partial charge in [0.2, 0.25) is 5.82 Å². The SMILES string of the molecule is CC(C)(C)c1ccc(C(=O)NCC(=O)OCc2nc(-c3ccc(F)cc3)no2)cc1. The lowest BCUT2D eigenvalue weighted by molar-refractivity contribution is -0.144. The van der Waals surface area contributed by atoms with Crippen molar-refractivity contribution in [3.05, 3.63) is 71.4 Å². The standard InChI is InChI=1S/C22H22FN3O4/c1-22(2,3)16-8-4-15(5-9-16)21(28)24-12-19(27)29-13-18-25-20(26-30-18)14-6-10-17(23)11-7-14/h4-11H,12-13H2,1-3H3,(H,24,28). The number of hydrogen-bond donors (Lipinski definition) is 1. The van der Waals surface area contributed by atoms with Crippen LogP contribution in [-0.2, 0) is 21.6 Å². The minimum atomic E-state index is -0.642. The smallest absolute Gasteiger partial charge is 0.325 e. The largest absolute Gasteiger partial charge is 0.454 e. The van der Waals surface area contributed by atoms with Crippen LogP contribution in [0.3, 0.4) is 0 Å². The van der Waals surface area contributed by atoms with Crippen LogP contribution in [0.25, 0.3) is 11.4 Å². The molecular weight excluding hydrogens is 389 g/mol. The highest BCUT2D eigenvalue weighted by Gasteiger charge is 2.15. The number of carbonyl (C=O) groups is 2. The molecule has 30 heavy (non-hydrogen) atoms. The predicted molar refractivity (Wildman–Crippen MR) is 107 cm³/mol. The normalized spacial score (nSPS) is 11.2. The number of hydrogen-bond acceptors (Lipinski definition) is 6. The molecule has 1 aromatic heterocycles. The van der Waals surface area contributed by atoms with Crippen LogP contribution in [0, 0.1) is 5.82 Å². The number of ether oxygens (including phenoxy) is 1. The van der Waals surface area contributed by atoms with E-state index in [1.54, 1.807) is 12.1 Å². The third-order valence-corrected chi connectivity index (χ3v) is 4.33. The van der Waals surface area contributed by atoms with Gasteiger partial charge in [0, 0.05) is 11.1 Å². The van der Waals surface area contributed by atoms with Crippen LogP contribution in [0.15, 0.2) is 53.1 Å². The molecule has 0 aliphatic rings. The zero-order chi connectivity index (χ0) is 21.7. The molecule has 0 aliphatic heterocycles. The van der Waals surface area contributed by atoms with Gasteiger partial charge in [0.25, 0.3) is 11.8 Å². The molecule has 0 aliphatic carbocycles. The maximum Gasteiger partial charge on any atom is 0.325 e. The lowest BCUT2D eigenvalue weighted by Crippen LogP contribution is -2.30. The zero-order valence-corrected chi connectivity index (χ0v) is 16.9. The van der Waals surface area contributed by atoms with E-state index in [2.05, 4.69) is 36.2 Å². The van der Waals surface area contributed by atoms with Gasteiger partial charge in [-0.05, 0) is 47.4 Å². The molecule has 1 heterocycles. The van der Waals surface area contributed by atoms with Crippen LogP contribution in [0.1, 0.15) is 42.6 Å². The van der Waals surface area contributed by atoms with Gasteiger partial charge in [0.1, 0.15) is 12.4 Å². The molecule has 156 valence electrons. The van der Waals surface area contributed by atoms with Crippen molar-refractivity contribution in [3.8, 4) is 11.4 Å². The molecule has 0 saturated carbocycles. The van der Waals surface area contributed by atoms with Crippen LogP contribution in [-0.4, -0.2) is 28.6 Å². The van der Waals surface area contributed by atoms with Gasteiger partial charge in [-0.25, -0.2) is 4.39 Å². The highest BCUT2D eigenvalue weighted by molar-refractivity contribution is 5.95. The number of amides is 1. The van der Waals surface area contributed by atoms with Crippen molar-refractivity contribution in [1.82, 2.24) is 15.5 Å². The Labute approximate surface area is 173 Å². The quantitative estimate of drug-likeness (QED) is 0.623. The molecule has 2 aromatic carbocycles. The molecule has 3 rings (SSSR count). The van der Waals surface area contributed by atoms with Gasteiger partial charge in [-0.1, -0.05) is 38.1 Å². The van der Waals surface area contributed by atoms with Gasteiger partial charge in [-0.15, -0.1) is 0 Å². The van der Waals surface area contributed by atoms with Crippen molar-refractivity contribution >= 4 is 11.9 Å². The Balaban J connectivity index is 1.47. The van der Waals surface area contributed by atoms with E-state index >= 15 is 0 Å². The van der Waals surface area contributed by atoms with Crippen molar-refractivity contribution in [2.24, 2.45) is 0 Å². The van der Waals surface area contributed by atoms with Crippen LogP contribution < -0.4 is 5.32 Å². The van der Waals surface area contributed by atoms with Crippen molar-refractivity contribution in [3.63, 3.8) is 0 Å². The van der Waals surface area contributed by atoms with E-state index in [9.17, 15) is 14.0 Å². The van der Waals surface area contributed by atoms with Gasteiger partial charge in [-0.3, -0.25) is 9.59 Å². The average Bonchev–Trinajstić information content (AvgIpc) is 3.19. The van der Waals surface area contributed by atoms with Crippen molar-refractivity contribution in [2.45, 2.75) is 32.8 Å². The molecule has 0 fully saturated rings. The summed E-state index contributed by atoms with van der Waals surface area (Å²) >= 11 is 0. The predicted octanol–water partition coefficient (Wildman–Crippen LogP) is 3.65. The molecule has 0 unspecified atom stereocenters. The summed E-state index contributed by atoms with van der Waals surface area (Å²) in [5.74, 6) is -1.04. The fourth-order valence-electron chi connectivity index (χ4n) is 2.60. The summed E-state index contributed by atoms with van der Waals surface area (Å²) in [6.07, 6.45) is 0. The summed E-state index contributed by atoms with van der Waals surface area (Å²) < 4.78 is 23.0. The zero-order valence-electron chi connectivity index (χ0n) is 16.9. The van der Waals surface area contributed by atoms with E-state index < -0.39 is 5.97 Å². The second-order valence-electron chi connectivity index (χ2n) is 7.69. The fraction of sp³-hybridized carbons (Fsp3) is 0.273. The summed E-state index contributed by atoms with van der Waals surface area (Å²) in [7, 11) is 0. The number of carbonyl (C=O) groups excluding carboxylic acids is 2. The number of benzene rings is 2. The molecule has 1 amide bonds. The van der Waals surface area contributed by atoms with Crippen LogP contribution in [0.2, 0.25) is 0 Å². The number of rotatable bonds is 6. The molecule has 7 nitrogen and oxygen atoms in total. The number of aromatic nitrogens is 2. The van der Waals surface area contributed by atoms with Crippen molar-refractivity contribution < 1.29 is 23.2 Å². The maximum atomic E-state index is 13.0. The van der Waals surface area contributed by atoms with Gasteiger partial charge in [-0.2, -0.15) is 4.98 Å². The van der Waals surface area contributed by atoms with E-state index in [1.807, 2.05) is 12.1 Å². The Hall–Kier alpha value is -3.55. The Morgan fingerprint density at radius 1 is 1.07 bits per heavy atom. The highest BCUT2D eigenvalue weighted by Crippen LogP contribution is 2.22. The Kier molecular flexibility index (Phi) is 6.25. The van der Waals surface area contributed by atoms with Crippen LogP contribution in [0.5, 0.6) is 0 Å². The lowest BCUT2D eigenvalue weighted by Gasteiger charge is -2.19. The highest BCUT2D eigenvalue weighted by atomic mass is 19.1. The molecular formula is C22H22FN3O4. The fourth-order valence-corrected chi connectivity index (χ4v) is 2.60. The van der Waals surface area contributed by atoms with Gasteiger partial charge in [0.05, 0.1) is 0 Å². The molecule has 1 N–H and O–H groups in total. The average molecular weight is 411 g/mol. The minimum Gasteiger partial charge on any atom is -0.454 e. The third-order valence-electron chi connectivity index (χ3n) is 4.33. The summed E-state index contributed by atoms with van der Waals surface area (Å²) in [6.45, 7) is 5.74. The summed E-state index contributed by atoms with van der Waals surface area (Å²) in [6, 6.07) is 12.8. The number of nitrogens with zero attached hydrogens (tertiary/aromatic N) is 2. The summed E-state index contributed by atoms with van der Waals surface area (Å²) in [5.41, 5.74) is 2.13. The van der Waals surface area contributed by atoms with Gasteiger partial charge in [0.15, 0.2) is 6.61 Å². The number of esters is 1. The van der Waals surface area contributed by atoms with Crippen molar-refractivity contribution in [1.29, 1.82) is 0 Å². The summed E-state index contributed by atoms with van der Waals surface area (Å²) in [4.78, 5) is 28.2. The van der Waals surface area contributed by atoms with E-state index in [-0.39, 0.29) is 42.0 Å². The number of nitrogens with one attached hydrogen (secondary N) is 1. The van der Waals surface area contributed by atoms with Crippen LogP contribution >= 0.6 is 0 Å². The molecule has 0 atom stereocenters. The Morgan fingerprint density at radius 3 is 2.37 bits per heavy atom. The topological polar surface area (TPSA) is 94.3 Å². The minimum absolute atomic E-state index is 0.00980. The lowest BCUT2D eigenvalue weighted by atomic mass is 9.87. The molecule has 3 aromatic rings. The summed E-state index contributed by atoms with van der Waals surface area (Å²) in [5, 5.41) is 6.28. The first-order chi connectivity index (χ1) is 14.2. The van der Waals surface area contributed by atoms with E-state index in [4.69, 9.17) is 9.26 Å². The first-order valence-corrected chi connectivity index (χ1v) is 9.35. The van der Waals surface area contributed by atoms with E-state index in [0.29, 0.717) is 11.1 Å². The van der Waals surface area contributed by atoms with Crippen molar-refractivity contribution in [2.75, 3.05) is 6.54 Å². The Bertz CT molecular complexity index is 1020. The second kappa shape index (κ2) is 8.86. The second-order valence-corrected chi connectivity index (χ2v) is 7.69. The molecule has 0 saturated heterocycles. The monoisotopic (exact) mass is 411 g/mol. The third kappa shape index (κ3) is 5.50. The molecule has 0 bridgehead atoms. The van der Waals surface area contributed by atoms with Gasteiger partial charge < -0.3 is 14.6 Å². The van der Waals surface area contributed by atoms with Crippen LogP contribution in [0.4, 0.5) is 4.39 Å². The maximum absolute atomic E-state index is 13.0. The number of halogens is 1. The van der Waals surface area contributed by atoms with E-state index in [1.165, 1.54) is 24.3 Å². The molecule has 8 heteroatoms. The van der Waals surface area contributed by atoms with E-state index in [0.717, 1.165) is 5.56 Å². The molecule has 0 radical (unpaired) electrons.